The Morgan fingerprint density at radius 3 is 2.17 bits per heavy atom. The summed E-state index contributed by atoms with van der Waals surface area (Å²) in [5.74, 6) is 0.270. The molecule has 0 aliphatic carbocycles. The van der Waals surface area contributed by atoms with Gasteiger partial charge >= 0.3 is 0 Å². The first kappa shape index (κ1) is 11.4. The highest BCUT2D eigenvalue weighted by Crippen LogP contribution is 1.87. The average Bonchev–Trinajstić information content (AvgIpc) is 1.96. The minimum absolute atomic E-state index is 0.270. The molecule has 0 saturated carbocycles. The van der Waals surface area contributed by atoms with Gasteiger partial charge in [-0.2, -0.15) is 0 Å². The molecule has 0 aliphatic rings. The van der Waals surface area contributed by atoms with Crippen LogP contribution in [0.3, 0.4) is 0 Å². The summed E-state index contributed by atoms with van der Waals surface area (Å²) in [5.41, 5.74) is 5.24. The summed E-state index contributed by atoms with van der Waals surface area (Å²) >= 11 is 0. The van der Waals surface area contributed by atoms with E-state index in [9.17, 15) is 0 Å². The predicted octanol–water partition coefficient (Wildman–Crippen LogP) is -0.194. The van der Waals surface area contributed by atoms with Crippen LogP contribution in [0.2, 0.25) is 0 Å². The molecule has 72 valence electrons. The fourth-order valence-corrected chi connectivity index (χ4v) is 0.794. The highest BCUT2D eigenvalue weighted by atomic mass is 15.1. The van der Waals surface area contributed by atoms with Crippen molar-refractivity contribution in [3.63, 3.8) is 0 Å². The molecule has 12 heavy (non-hydrogen) atoms. The standard InChI is InChI=1S/C8H20N4/c1-11(2)6-7-12(3)5-4-8(9)10/h4-7H2,1-3H3,(H3,9,10). The normalized spacial score (nSPS) is 11.1. The second kappa shape index (κ2) is 5.97. The van der Waals surface area contributed by atoms with Crippen molar-refractivity contribution < 1.29 is 0 Å². The first-order valence-corrected chi connectivity index (χ1v) is 4.18. The van der Waals surface area contributed by atoms with Crippen LogP contribution in [-0.4, -0.2) is 56.4 Å². The van der Waals surface area contributed by atoms with E-state index in [2.05, 4.69) is 23.9 Å². The zero-order valence-electron chi connectivity index (χ0n) is 8.30. The smallest absolute Gasteiger partial charge is 0.0918 e. The van der Waals surface area contributed by atoms with Crippen LogP contribution in [0, 0.1) is 5.41 Å². The molecule has 0 heterocycles. The van der Waals surface area contributed by atoms with Gasteiger partial charge in [0.2, 0.25) is 0 Å². The lowest BCUT2D eigenvalue weighted by Crippen LogP contribution is -2.31. The number of nitrogens with zero attached hydrogens (tertiary/aromatic N) is 2. The van der Waals surface area contributed by atoms with Gasteiger partial charge in [0.05, 0.1) is 5.84 Å². The van der Waals surface area contributed by atoms with E-state index in [1.54, 1.807) is 0 Å². The van der Waals surface area contributed by atoms with Gasteiger partial charge < -0.3 is 15.5 Å². The van der Waals surface area contributed by atoms with E-state index in [4.69, 9.17) is 11.1 Å². The van der Waals surface area contributed by atoms with Crippen molar-refractivity contribution in [3.8, 4) is 0 Å². The minimum atomic E-state index is 0.270. The summed E-state index contributed by atoms with van der Waals surface area (Å²) in [6.45, 7) is 2.96. The molecule has 0 fully saturated rings. The Labute approximate surface area is 74.8 Å². The molecule has 0 aromatic rings. The quantitative estimate of drug-likeness (QED) is 0.431. The number of amidine groups is 1. The maximum absolute atomic E-state index is 7.05. The molecule has 0 amide bonds. The van der Waals surface area contributed by atoms with Crippen LogP contribution < -0.4 is 5.73 Å². The van der Waals surface area contributed by atoms with Gasteiger partial charge in [0.25, 0.3) is 0 Å². The maximum atomic E-state index is 7.05. The Bertz CT molecular complexity index is 133. The third-order valence-corrected chi connectivity index (χ3v) is 1.69. The number of hydrogen-bond donors (Lipinski definition) is 2. The maximum Gasteiger partial charge on any atom is 0.0918 e. The van der Waals surface area contributed by atoms with Crippen LogP contribution >= 0.6 is 0 Å². The number of nitrogens with two attached hydrogens (primary N) is 1. The molecule has 0 radical (unpaired) electrons. The van der Waals surface area contributed by atoms with Gasteiger partial charge in [-0.15, -0.1) is 0 Å². The van der Waals surface area contributed by atoms with Crippen molar-refractivity contribution in [1.82, 2.24) is 9.80 Å². The Kier molecular flexibility index (Phi) is 5.66. The van der Waals surface area contributed by atoms with Crippen LogP contribution in [0.5, 0.6) is 0 Å². The minimum Gasteiger partial charge on any atom is -0.388 e. The lowest BCUT2D eigenvalue weighted by Gasteiger charge is -2.18. The molecular formula is C8H20N4. The predicted molar refractivity (Wildman–Crippen MR) is 52.6 cm³/mol. The van der Waals surface area contributed by atoms with Crippen LogP contribution in [0.25, 0.3) is 0 Å². The number of rotatable bonds is 6. The number of nitrogens with one attached hydrogen (secondary N) is 1. The monoisotopic (exact) mass is 172 g/mol. The van der Waals surface area contributed by atoms with Crippen LogP contribution in [0.1, 0.15) is 6.42 Å². The first-order chi connectivity index (χ1) is 5.52. The summed E-state index contributed by atoms with van der Waals surface area (Å²) in [5, 5.41) is 7.05. The zero-order valence-corrected chi connectivity index (χ0v) is 8.30. The molecule has 0 spiro atoms. The van der Waals surface area contributed by atoms with Crippen molar-refractivity contribution in [3.05, 3.63) is 0 Å². The molecule has 0 aromatic heterocycles. The van der Waals surface area contributed by atoms with Crippen LogP contribution in [0.15, 0.2) is 0 Å². The topological polar surface area (TPSA) is 56.4 Å². The molecule has 0 aliphatic heterocycles. The Morgan fingerprint density at radius 1 is 1.17 bits per heavy atom. The molecular weight excluding hydrogens is 152 g/mol. The summed E-state index contributed by atoms with van der Waals surface area (Å²) < 4.78 is 0. The van der Waals surface area contributed by atoms with Crippen molar-refractivity contribution in [2.24, 2.45) is 5.73 Å². The van der Waals surface area contributed by atoms with E-state index >= 15 is 0 Å². The van der Waals surface area contributed by atoms with Gasteiger partial charge in [-0.1, -0.05) is 0 Å². The molecule has 0 atom stereocenters. The van der Waals surface area contributed by atoms with Crippen LogP contribution in [0.4, 0.5) is 0 Å². The highest BCUT2D eigenvalue weighted by molar-refractivity contribution is 5.76. The van der Waals surface area contributed by atoms with Gasteiger partial charge in [-0.25, -0.2) is 0 Å². The third-order valence-electron chi connectivity index (χ3n) is 1.69. The van der Waals surface area contributed by atoms with Gasteiger partial charge in [0.15, 0.2) is 0 Å². The number of likely N-dealkylation sites (N-methyl/N-ethyl adjacent to an activating group) is 2. The van der Waals surface area contributed by atoms with Crippen molar-refractivity contribution in [2.45, 2.75) is 6.42 Å². The fourth-order valence-electron chi connectivity index (χ4n) is 0.794. The lowest BCUT2D eigenvalue weighted by molar-refractivity contribution is 0.287. The van der Waals surface area contributed by atoms with E-state index in [0.717, 1.165) is 19.6 Å². The van der Waals surface area contributed by atoms with E-state index in [-0.39, 0.29) is 5.84 Å². The van der Waals surface area contributed by atoms with Crippen molar-refractivity contribution in [1.29, 1.82) is 5.41 Å². The molecule has 4 heteroatoms. The highest BCUT2D eigenvalue weighted by Gasteiger charge is 1.99. The van der Waals surface area contributed by atoms with Gasteiger partial charge in [0.1, 0.15) is 0 Å². The summed E-state index contributed by atoms with van der Waals surface area (Å²) in [7, 11) is 6.16. The van der Waals surface area contributed by atoms with E-state index in [1.807, 2.05) is 7.05 Å². The van der Waals surface area contributed by atoms with E-state index in [1.165, 1.54) is 0 Å². The van der Waals surface area contributed by atoms with Gasteiger partial charge in [-0.05, 0) is 21.1 Å². The summed E-state index contributed by atoms with van der Waals surface area (Å²) in [6.07, 6.45) is 0.671. The fraction of sp³-hybridized carbons (Fsp3) is 0.875. The number of hydrogen-bond acceptors (Lipinski definition) is 3. The van der Waals surface area contributed by atoms with E-state index in [0.29, 0.717) is 6.42 Å². The van der Waals surface area contributed by atoms with Gasteiger partial charge in [-0.3, -0.25) is 5.41 Å². The molecule has 3 N–H and O–H groups in total. The van der Waals surface area contributed by atoms with E-state index < -0.39 is 0 Å². The lowest BCUT2D eigenvalue weighted by atomic mass is 10.3. The van der Waals surface area contributed by atoms with Crippen LogP contribution in [-0.2, 0) is 0 Å². The largest absolute Gasteiger partial charge is 0.388 e. The molecule has 0 saturated heterocycles. The molecule has 0 unspecified atom stereocenters. The summed E-state index contributed by atoms with van der Waals surface area (Å²) in [4.78, 5) is 4.33. The molecule has 0 bridgehead atoms. The second-order valence-electron chi connectivity index (χ2n) is 3.38. The molecule has 4 nitrogen and oxygen atoms in total. The Morgan fingerprint density at radius 2 is 1.75 bits per heavy atom. The third kappa shape index (κ3) is 7.50. The molecule has 0 aromatic carbocycles. The second-order valence-corrected chi connectivity index (χ2v) is 3.38. The molecule has 0 rings (SSSR count). The zero-order chi connectivity index (χ0) is 9.56. The summed E-state index contributed by atoms with van der Waals surface area (Å²) in [6, 6.07) is 0. The SMILES string of the molecule is CN(C)CCN(C)CCC(=N)N. The van der Waals surface area contributed by atoms with Gasteiger partial charge in [0, 0.05) is 26.1 Å². The Balaban J connectivity index is 3.33. The van der Waals surface area contributed by atoms with Crippen molar-refractivity contribution in [2.75, 3.05) is 40.8 Å². The first-order valence-electron chi connectivity index (χ1n) is 4.18. The Hall–Kier alpha value is -0.610. The average molecular weight is 172 g/mol. The van der Waals surface area contributed by atoms with Crippen molar-refractivity contribution >= 4 is 5.84 Å².